The molecule has 0 bridgehead atoms. The summed E-state index contributed by atoms with van der Waals surface area (Å²) >= 11 is 2.18. The number of alkyl halides is 3. The Hall–Kier alpha value is -1.84. The summed E-state index contributed by atoms with van der Waals surface area (Å²) in [6, 6.07) is 7.72. The topological polar surface area (TPSA) is 45.2 Å². The van der Waals surface area contributed by atoms with Gasteiger partial charge in [0.1, 0.15) is 5.82 Å². The van der Waals surface area contributed by atoms with Gasteiger partial charge in [-0.1, -0.05) is 11.6 Å². The Labute approximate surface area is 187 Å². The van der Waals surface area contributed by atoms with Crippen molar-refractivity contribution < 1.29 is 18.0 Å². The first-order valence-corrected chi connectivity index (χ1v) is 11.1. The molecule has 8 heteroatoms. The Bertz CT molecular complexity index is 959. The van der Waals surface area contributed by atoms with Crippen LogP contribution in [0, 0.1) is 15.9 Å². The van der Waals surface area contributed by atoms with E-state index in [-0.39, 0.29) is 17.8 Å². The van der Waals surface area contributed by atoms with Crippen LogP contribution in [0.5, 0.6) is 0 Å². The third-order valence-electron chi connectivity index (χ3n) is 6.17. The lowest BCUT2D eigenvalue weighted by atomic mass is 9.87. The van der Waals surface area contributed by atoms with E-state index in [1.165, 1.54) is 0 Å². The van der Waals surface area contributed by atoms with Gasteiger partial charge >= 0.3 is 6.18 Å². The molecule has 160 valence electrons. The molecule has 2 aromatic rings. The average Bonchev–Trinajstić information content (AvgIpc) is 3.46. The number of aryl methyl sites for hydroxylation is 1. The van der Waals surface area contributed by atoms with Crippen LogP contribution in [0.1, 0.15) is 47.2 Å². The molecule has 1 N–H and O–H groups in total. The zero-order valence-corrected chi connectivity index (χ0v) is 18.8. The van der Waals surface area contributed by atoms with E-state index in [4.69, 9.17) is 0 Å². The number of nitrogens with zero attached hydrogens (tertiary/aromatic N) is 2. The molecule has 0 radical (unpaired) electrons. The molecule has 1 aromatic heterocycles. The van der Waals surface area contributed by atoms with Crippen LogP contribution in [0.25, 0.3) is 0 Å². The van der Waals surface area contributed by atoms with Crippen molar-refractivity contribution in [2.24, 2.45) is 5.41 Å². The Balaban J connectivity index is 1.53. The minimum absolute atomic E-state index is 0.0117. The summed E-state index contributed by atoms with van der Waals surface area (Å²) in [5.74, 6) is 0.167. The summed E-state index contributed by atoms with van der Waals surface area (Å²) in [7, 11) is 0. The number of carbonyl (C=O) groups excluding carboxylic acids is 1. The predicted molar refractivity (Wildman–Crippen MR) is 117 cm³/mol. The highest BCUT2D eigenvalue weighted by Crippen LogP contribution is 2.55. The number of likely N-dealkylation sites (tertiary alicyclic amines) is 1. The summed E-state index contributed by atoms with van der Waals surface area (Å²) in [6.07, 6.45) is 0.926. The molecule has 1 saturated carbocycles. The van der Waals surface area contributed by atoms with Crippen molar-refractivity contribution in [2.75, 3.05) is 18.4 Å². The van der Waals surface area contributed by atoms with Gasteiger partial charge in [-0.3, -0.25) is 4.79 Å². The van der Waals surface area contributed by atoms with E-state index in [0.29, 0.717) is 24.1 Å². The molecule has 4 rings (SSSR count). The first kappa shape index (κ1) is 21.4. The molecule has 2 heterocycles. The smallest absolute Gasteiger partial charge is 0.368 e. The number of hydrogen-bond acceptors (Lipinski definition) is 3. The molecule has 1 aliphatic heterocycles. The first-order chi connectivity index (χ1) is 14.2. The van der Waals surface area contributed by atoms with Crippen LogP contribution in [0.4, 0.5) is 19.0 Å². The van der Waals surface area contributed by atoms with Crippen molar-refractivity contribution in [1.82, 2.24) is 9.88 Å². The second kappa shape index (κ2) is 8.01. The highest BCUT2D eigenvalue weighted by atomic mass is 127. The number of pyridine rings is 1. The molecule has 1 aliphatic carbocycles. The number of nitrogens with one attached hydrogen (secondary N) is 1. The van der Waals surface area contributed by atoms with E-state index < -0.39 is 11.7 Å². The molecule has 1 aromatic carbocycles. The monoisotopic (exact) mass is 529 g/mol. The highest BCUT2D eigenvalue weighted by molar-refractivity contribution is 14.1. The maximum absolute atomic E-state index is 13.3. The predicted octanol–water partition coefficient (Wildman–Crippen LogP) is 5.51. The lowest BCUT2D eigenvalue weighted by molar-refractivity contribution is -0.137. The normalized spacial score (nSPS) is 20.3. The highest BCUT2D eigenvalue weighted by Gasteiger charge is 2.49. The van der Waals surface area contributed by atoms with Crippen molar-refractivity contribution >= 4 is 34.3 Å². The van der Waals surface area contributed by atoms with Crippen LogP contribution in [0.15, 0.2) is 36.5 Å². The third kappa shape index (κ3) is 4.58. The first-order valence-electron chi connectivity index (χ1n) is 10.0. The zero-order valence-electron chi connectivity index (χ0n) is 16.6. The largest absolute Gasteiger partial charge is 0.416 e. The fourth-order valence-electron chi connectivity index (χ4n) is 4.22. The standard InChI is InChI=1S/C22H23F3IN3O/c1-14-2-3-18(26)17(10-14)20(30)29-9-7-21(5-6-21)12-16(29)13-28-19-11-15(4-8-27-19)22(23,24)25/h2-4,8,10-11,16H,5-7,9,12-13H2,1H3,(H,27,28)/t16-/m0/s1. The number of piperidine rings is 1. The number of anilines is 1. The number of benzene rings is 1. The van der Waals surface area contributed by atoms with Crippen LogP contribution in [-0.2, 0) is 6.18 Å². The molecule has 1 spiro atoms. The minimum atomic E-state index is -4.41. The van der Waals surface area contributed by atoms with Gasteiger partial charge in [0.2, 0.25) is 0 Å². The Morgan fingerprint density at radius 2 is 2.03 bits per heavy atom. The molecular weight excluding hydrogens is 506 g/mol. The lowest BCUT2D eigenvalue weighted by Gasteiger charge is -2.40. The summed E-state index contributed by atoms with van der Waals surface area (Å²) in [6.45, 7) is 3.01. The summed E-state index contributed by atoms with van der Waals surface area (Å²) < 4.78 is 39.9. The Kier molecular flexibility index (Phi) is 5.71. The van der Waals surface area contributed by atoms with Crippen molar-refractivity contribution in [3.8, 4) is 0 Å². The SMILES string of the molecule is Cc1ccc(I)c(C(=O)N2CCC3(CC3)C[C@H]2CNc2cc(C(F)(F)F)ccn2)c1. The van der Waals surface area contributed by atoms with Crippen LogP contribution >= 0.6 is 22.6 Å². The maximum Gasteiger partial charge on any atom is 0.416 e. The number of hydrogen-bond donors (Lipinski definition) is 1. The van der Waals surface area contributed by atoms with E-state index in [9.17, 15) is 18.0 Å². The van der Waals surface area contributed by atoms with Crippen LogP contribution in [0.2, 0.25) is 0 Å². The second-order valence-electron chi connectivity index (χ2n) is 8.40. The fourth-order valence-corrected chi connectivity index (χ4v) is 4.78. The lowest BCUT2D eigenvalue weighted by Crippen LogP contribution is -2.50. The number of carbonyl (C=O) groups is 1. The molecule has 1 atom stereocenters. The quantitative estimate of drug-likeness (QED) is 0.532. The third-order valence-corrected chi connectivity index (χ3v) is 7.11. The second-order valence-corrected chi connectivity index (χ2v) is 9.56. The molecule has 30 heavy (non-hydrogen) atoms. The van der Waals surface area contributed by atoms with Gasteiger partial charge in [0, 0.05) is 28.9 Å². The van der Waals surface area contributed by atoms with E-state index >= 15 is 0 Å². The van der Waals surface area contributed by atoms with Gasteiger partial charge in [0.25, 0.3) is 5.91 Å². The number of amides is 1. The number of halogens is 4. The van der Waals surface area contributed by atoms with Crippen LogP contribution in [0.3, 0.4) is 0 Å². The average molecular weight is 529 g/mol. The number of aromatic nitrogens is 1. The molecule has 4 nitrogen and oxygen atoms in total. The minimum Gasteiger partial charge on any atom is -0.368 e. The van der Waals surface area contributed by atoms with E-state index in [1.807, 2.05) is 30.0 Å². The summed E-state index contributed by atoms with van der Waals surface area (Å²) in [5, 5.41) is 3.05. The fraction of sp³-hybridized carbons (Fsp3) is 0.455. The van der Waals surface area contributed by atoms with E-state index in [1.54, 1.807) is 0 Å². The van der Waals surface area contributed by atoms with Gasteiger partial charge in [0.05, 0.1) is 11.1 Å². The molecule has 1 amide bonds. The molecule has 2 fully saturated rings. The molecule has 1 saturated heterocycles. The molecular formula is C22H23F3IN3O. The van der Waals surface area contributed by atoms with Gasteiger partial charge in [0.15, 0.2) is 0 Å². The van der Waals surface area contributed by atoms with Gasteiger partial charge in [-0.25, -0.2) is 4.98 Å². The van der Waals surface area contributed by atoms with E-state index in [0.717, 1.165) is 53.1 Å². The Morgan fingerprint density at radius 1 is 1.27 bits per heavy atom. The Morgan fingerprint density at radius 3 is 2.73 bits per heavy atom. The summed E-state index contributed by atoms with van der Waals surface area (Å²) in [4.78, 5) is 19.3. The van der Waals surface area contributed by atoms with Gasteiger partial charge in [-0.15, -0.1) is 0 Å². The maximum atomic E-state index is 13.3. The molecule has 0 unspecified atom stereocenters. The van der Waals surface area contributed by atoms with Gasteiger partial charge in [-0.2, -0.15) is 13.2 Å². The van der Waals surface area contributed by atoms with Crippen LogP contribution < -0.4 is 5.32 Å². The van der Waals surface area contributed by atoms with Crippen molar-refractivity contribution in [1.29, 1.82) is 0 Å². The van der Waals surface area contributed by atoms with Crippen molar-refractivity contribution in [2.45, 2.75) is 44.8 Å². The van der Waals surface area contributed by atoms with Crippen molar-refractivity contribution in [3.05, 3.63) is 56.8 Å². The molecule has 2 aliphatic rings. The number of rotatable bonds is 4. The van der Waals surface area contributed by atoms with Crippen LogP contribution in [-0.4, -0.2) is 34.9 Å². The van der Waals surface area contributed by atoms with Gasteiger partial charge in [-0.05, 0) is 84.9 Å². The van der Waals surface area contributed by atoms with E-state index in [2.05, 4.69) is 32.9 Å². The zero-order chi connectivity index (χ0) is 21.5. The van der Waals surface area contributed by atoms with Crippen molar-refractivity contribution in [3.63, 3.8) is 0 Å². The summed E-state index contributed by atoms with van der Waals surface area (Å²) in [5.41, 5.74) is 1.27. The van der Waals surface area contributed by atoms with Gasteiger partial charge < -0.3 is 10.2 Å².